The normalized spacial score (nSPS) is 12.2. The second-order valence-electron chi connectivity index (χ2n) is 4.76. The second-order valence-corrected chi connectivity index (χ2v) is 4.76. The first-order valence-corrected chi connectivity index (χ1v) is 5.60. The predicted molar refractivity (Wildman–Crippen MR) is 70.7 cm³/mol. The molecule has 0 heterocycles. The SMILES string of the molecule is CC(C)C[C@H](N)C(=O)N(CC(N)=O)C(C)C.Cl. The third-order valence-electron chi connectivity index (χ3n) is 2.28. The van der Waals surface area contributed by atoms with Crippen molar-refractivity contribution in [2.45, 2.75) is 46.2 Å². The summed E-state index contributed by atoms with van der Waals surface area (Å²) in [4.78, 5) is 24.2. The highest BCUT2D eigenvalue weighted by atomic mass is 35.5. The molecule has 0 rings (SSSR count). The molecule has 0 spiro atoms. The number of nitrogens with zero attached hydrogens (tertiary/aromatic N) is 1. The molecule has 0 saturated heterocycles. The Morgan fingerprint density at radius 3 is 1.94 bits per heavy atom. The minimum atomic E-state index is -0.554. The molecule has 0 aromatic rings. The number of primary amides is 1. The molecule has 0 aliphatic carbocycles. The molecule has 0 bridgehead atoms. The summed E-state index contributed by atoms with van der Waals surface area (Å²) in [6.45, 7) is 7.61. The molecule has 0 saturated carbocycles. The minimum Gasteiger partial charge on any atom is -0.368 e. The van der Waals surface area contributed by atoms with Crippen LogP contribution in [0.5, 0.6) is 0 Å². The fourth-order valence-electron chi connectivity index (χ4n) is 1.50. The van der Waals surface area contributed by atoms with E-state index in [4.69, 9.17) is 11.5 Å². The van der Waals surface area contributed by atoms with Gasteiger partial charge in [0.05, 0.1) is 12.6 Å². The summed E-state index contributed by atoms with van der Waals surface area (Å²) in [5.74, 6) is -0.372. The molecule has 0 fully saturated rings. The number of hydrogen-bond acceptors (Lipinski definition) is 3. The van der Waals surface area contributed by atoms with E-state index in [0.29, 0.717) is 12.3 Å². The average molecular weight is 266 g/mol. The Morgan fingerprint density at radius 1 is 1.18 bits per heavy atom. The Labute approximate surface area is 109 Å². The van der Waals surface area contributed by atoms with Gasteiger partial charge in [0, 0.05) is 6.04 Å². The summed E-state index contributed by atoms with van der Waals surface area (Å²) < 4.78 is 0. The molecule has 2 amide bonds. The predicted octanol–water partition coefficient (Wildman–Crippen LogP) is 0.504. The summed E-state index contributed by atoms with van der Waals surface area (Å²) in [6, 6.07) is -0.625. The number of hydrogen-bond donors (Lipinski definition) is 2. The van der Waals surface area contributed by atoms with Crippen LogP contribution in [0.3, 0.4) is 0 Å². The summed E-state index contributed by atoms with van der Waals surface area (Å²) in [5.41, 5.74) is 10.9. The Hall–Kier alpha value is -0.810. The standard InChI is InChI=1S/C11H23N3O2.ClH/c1-7(2)5-9(12)11(16)14(8(3)4)6-10(13)15;/h7-9H,5-6,12H2,1-4H3,(H2,13,15);1H/t9-;/m0./s1. The molecule has 6 heteroatoms. The van der Waals surface area contributed by atoms with Crippen LogP contribution in [0.25, 0.3) is 0 Å². The van der Waals surface area contributed by atoms with Crippen molar-refractivity contribution in [3.63, 3.8) is 0 Å². The van der Waals surface area contributed by atoms with Gasteiger partial charge >= 0.3 is 0 Å². The minimum absolute atomic E-state index is 0. The molecule has 102 valence electrons. The van der Waals surface area contributed by atoms with Crippen LogP contribution in [-0.2, 0) is 9.59 Å². The molecular formula is C11H24ClN3O2. The number of carbonyl (C=O) groups is 2. The van der Waals surface area contributed by atoms with Crippen LogP contribution in [0, 0.1) is 5.92 Å². The lowest BCUT2D eigenvalue weighted by atomic mass is 10.0. The van der Waals surface area contributed by atoms with Gasteiger partial charge in [-0.3, -0.25) is 9.59 Å². The highest BCUT2D eigenvalue weighted by Crippen LogP contribution is 2.08. The van der Waals surface area contributed by atoms with Gasteiger partial charge in [-0.1, -0.05) is 13.8 Å². The Morgan fingerprint density at radius 2 is 1.65 bits per heavy atom. The van der Waals surface area contributed by atoms with Crippen LogP contribution >= 0.6 is 12.4 Å². The van der Waals surface area contributed by atoms with Crippen LogP contribution in [0.2, 0.25) is 0 Å². The summed E-state index contributed by atoms with van der Waals surface area (Å²) in [5, 5.41) is 0. The number of amides is 2. The van der Waals surface area contributed by atoms with Crippen LogP contribution < -0.4 is 11.5 Å². The van der Waals surface area contributed by atoms with E-state index < -0.39 is 11.9 Å². The number of nitrogens with two attached hydrogens (primary N) is 2. The van der Waals surface area contributed by atoms with E-state index in [-0.39, 0.29) is 30.9 Å². The molecule has 0 radical (unpaired) electrons. The van der Waals surface area contributed by atoms with Crippen molar-refractivity contribution < 1.29 is 9.59 Å². The third-order valence-corrected chi connectivity index (χ3v) is 2.28. The zero-order chi connectivity index (χ0) is 12.9. The maximum Gasteiger partial charge on any atom is 0.240 e. The Bertz CT molecular complexity index is 257. The van der Waals surface area contributed by atoms with Crippen molar-refractivity contribution in [3.8, 4) is 0 Å². The molecule has 5 nitrogen and oxygen atoms in total. The highest BCUT2D eigenvalue weighted by Gasteiger charge is 2.24. The van der Waals surface area contributed by atoms with Crippen LogP contribution in [0.15, 0.2) is 0 Å². The zero-order valence-corrected chi connectivity index (χ0v) is 11.8. The number of carbonyl (C=O) groups excluding carboxylic acids is 2. The topological polar surface area (TPSA) is 89.4 Å². The van der Waals surface area contributed by atoms with Crippen molar-refractivity contribution in [3.05, 3.63) is 0 Å². The van der Waals surface area contributed by atoms with Gasteiger partial charge in [0.2, 0.25) is 11.8 Å². The first kappa shape index (κ1) is 18.6. The van der Waals surface area contributed by atoms with Gasteiger partial charge < -0.3 is 16.4 Å². The van der Waals surface area contributed by atoms with E-state index in [1.807, 2.05) is 27.7 Å². The summed E-state index contributed by atoms with van der Waals surface area (Å²) in [6.07, 6.45) is 0.612. The second kappa shape index (κ2) is 8.31. The molecule has 0 aromatic heterocycles. The fourth-order valence-corrected chi connectivity index (χ4v) is 1.50. The Balaban J connectivity index is 0. The number of halogens is 1. The largest absolute Gasteiger partial charge is 0.368 e. The van der Waals surface area contributed by atoms with E-state index in [0.717, 1.165) is 0 Å². The highest BCUT2D eigenvalue weighted by molar-refractivity contribution is 5.87. The van der Waals surface area contributed by atoms with E-state index in [9.17, 15) is 9.59 Å². The van der Waals surface area contributed by atoms with Gasteiger partial charge in [-0.25, -0.2) is 0 Å². The van der Waals surface area contributed by atoms with E-state index in [1.165, 1.54) is 4.90 Å². The lowest BCUT2D eigenvalue weighted by molar-refractivity contribution is -0.138. The first-order valence-electron chi connectivity index (χ1n) is 5.60. The van der Waals surface area contributed by atoms with Crippen LogP contribution in [0.4, 0.5) is 0 Å². The van der Waals surface area contributed by atoms with Gasteiger partial charge in [-0.2, -0.15) is 0 Å². The zero-order valence-electron chi connectivity index (χ0n) is 11.0. The monoisotopic (exact) mass is 265 g/mol. The van der Waals surface area contributed by atoms with Gasteiger partial charge in [0.25, 0.3) is 0 Å². The molecule has 0 unspecified atom stereocenters. The average Bonchev–Trinajstić information content (AvgIpc) is 2.11. The molecule has 4 N–H and O–H groups in total. The van der Waals surface area contributed by atoms with Crippen molar-refractivity contribution >= 4 is 24.2 Å². The van der Waals surface area contributed by atoms with Gasteiger partial charge in [0.1, 0.15) is 0 Å². The van der Waals surface area contributed by atoms with Crippen LogP contribution in [-0.4, -0.2) is 35.3 Å². The van der Waals surface area contributed by atoms with E-state index >= 15 is 0 Å². The Kier molecular flexibility index (Phi) is 9.06. The molecule has 17 heavy (non-hydrogen) atoms. The fraction of sp³-hybridized carbons (Fsp3) is 0.818. The molecule has 0 aromatic carbocycles. The van der Waals surface area contributed by atoms with Crippen molar-refractivity contribution in [1.82, 2.24) is 4.90 Å². The maximum atomic E-state index is 11.9. The van der Waals surface area contributed by atoms with E-state index in [1.54, 1.807) is 0 Å². The summed E-state index contributed by atoms with van der Waals surface area (Å²) >= 11 is 0. The quantitative estimate of drug-likeness (QED) is 0.733. The van der Waals surface area contributed by atoms with Crippen LogP contribution in [0.1, 0.15) is 34.1 Å². The van der Waals surface area contributed by atoms with Gasteiger partial charge in [-0.05, 0) is 26.2 Å². The number of rotatable bonds is 6. The summed E-state index contributed by atoms with van der Waals surface area (Å²) in [7, 11) is 0. The molecule has 1 atom stereocenters. The van der Waals surface area contributed by atoms with E-state index in [2.05, 4.69) is 0 Å². The van der Waals surface area contributed by atoms with Crippen molar-refractivity contribution in [1.29, 1.82) is 0 Å². The lowest BCUT2D eigenvalue weighted by Crippen LogP contribution is -2.50. The smallest absolute Gasteiger partial charge is 0.240 e. The first-order chi connectivity index (χ1) is 7.25. The van der Waals surface area contributed by atoms with Gasteiger partial charge in [-0.15, -0.1) is 12.4 Å². The molecular weight excluding hydrogens is 242 g/mol. The van der Waals surface area contributed by atoms with Gasteiger partial charge in [0.15, 0.2) is 0 Å². The van der Waals surface area contributed by atoms with Crippen molar-refractivity contribution in [2.75, 3.05) is 6.54 Å². The molecule has 0 aliphatic rings. The maximum absolute atomic E-state index is 11.9. The molecule has 0 aliphatic heterocycles. The third kappa shape index (κ3) is 7.18. The van der Waals surface area contributed by atoms with Crippen molar-refractivity contribution in [2.24, 2.45) is 17.4 Å². The lowest BCUT2D eigenvalue weighted by Gasteiger charge is -2.28.